The number of alkyl halides is 7. The molecular formula is C10H10BrF6NO3. The first-order valence-electron chi connectivity index (χ1n) is 5.55. The quantitative estimate of drug-likeness (QED) is 0.423. The van der Waals surface area contributed by atoms with E-state index in [1.807, 2.05) is 0 Å². The average Bonchev–Trinajstić information content (AvgIpc) is 2.58. The molecule has 0 aromatic heterocycles. The maximum Gasteiger partial charge on any atom is 0.453 e. The standard InChI is InChI=1S/C10H10BrF6NO3/c1-18-6(3-2-5(19)4-11)7(20)21-8(18,9(12,13)14)10(15,16)17/h6H,2-4H2,1H3/t6-/m0/s1. The van der Waals surface area contributed by atoms with E-state index >= 15 is 0 Å². The summed E-state index contributed by atoms with van der Waals surface area (Å²) < 4.78 is 80.8. The van der Waals surface area contributed by atoms with Crippen LogP contribution in [0.1, 0.15) is 12.8 Å². The average molecular weight is 386 g/mol. The molecule has 0 radical (unpaired) electrons. The van der Waals surface area contributed by atoms with Gasteiger partial charge in [-0.25, -0.2) is 4.90 Å². The van der Waals surface area contributed by atoms with Crippen LogP contribution in [0.4, 0.5) is 26.3 Å². The first kappa shape index (κ1) is 18.2. The Kier molecular flexibility index (Phi) is 4.98. The number of likely N-dealkylation sites (N-methyl/N-ethyl adjacent to an activating group) is 1. The van der Waals surface area contributed by atoms with Gasteiger partial charge in [-0.05, 0) is 13.5 Å². The van der Waals surface area contributed by atoms with Crippen LogP contribution in [0.15, 0.2) is 0 Å². The number of ketones is 1. The van der Waals surface area contributed by atoms with Crippen LogP contribution >= 0.6 is 15.9 Å². The summed E-state index contributed by atoms with van der Waals surface area (Å²) in [5.74, 6) is -2.11. The molecule has 0 saturated carbocycles. The van der Waals surface area contributed by atoms with Gasteiger partial charge in [0.1, 0.15) is 11.8 Å². The van der Waals surface area contributed by atoms with Crippen molar-refractivity contribution in [3.8, 4) is 0 Å². The van der Waals surface area contributed by atoms with Gasteiger partial charge in [0.05, 0.1) is 5.33 Å². The van der Waals surface area contributed by atoms with Gasteiger partial charge in [-0.2, -0.15) is 26.3 Å². The number of rotatable bonds is 4. The molecule has 11 heteroatoms. The molecule has 1 heterocycles. The van der Waals surface area contributed by atoms with E-state index in [0.29, 0.717) is 7.05 Å². The van der Waals surface area contributed by atoms with E-state index in [4.69, 9.17) is 0 Å². The highest BCUT2D eigenvalue weighted by molar-refractivity contribution is 9.09. The summed E-state index contributed by atoms with van der Waals surface area (Å²) in [4.78, 5) is 22.3. The molecule has 0 aromatic rings. The van der Waals surface area contributed by atoms with Crippen molar-refractivity contribution in [3.63, 3.8) is 0 Å². The topological polar surface area (TPSA) is 46.6 Å². The lowest BCUT2D eigenvalue weighted by Crippen LogP contribution is -2.65. The second-order valence-corrected chi connectivity index (χ2v) is 4.96. The number of hydrogen-bond donors (Lipinski definition) is 0. The Balaban J connectivity index is 3.11. The minimum absolute atomic E-state index is 0.109. The molecule has 0 unspecified atom stereocenters. The van der Waals surface area contributed by atoms with E-state index in [9.17, 15) is 35.9 Å². The van der Waals surface area contributed by atoms with Crippen molar-refractivity contribution < 1.29 is 40.7 Å². The van der Waals surface area contributed by atoms with Gasteiger partial charge in [0.2, 0.25) is 0 Å². The van der Waals surface area contributed by atoms with Crippen LogP contribution < -0.4 is 0 Å². The lowest BCUT2D eigenvalue weighted by molar-refractivity contribution is -0.398. The van der Waals surface area contributed by atoms with Crippen LogP contribution in [0.5, 0.6) is 0 Å². The SMILES string of the molecule is CN1[C@@H](CCC(=O)CBr)C(=O)OC1(C(F)(F)F)C(F)(F)F. The summed E-state index contributed by atoms with van der Waals surface area (Å²) in [5.41, 5.74) is -4.68. The largest absolute Gasteiger partial charge is 0.453 e. The highest BCUT2D eigenvalue weighted by Gasteiger charge is 2.80. The van der Waals surface area contributed by atoms with Crippen LogP contribution in [0, 0.1) is 0 Å². The van der Waals surface area contributed by atoms with Crippen molar-refractivity contribution in [2.45, 2.75) is 37.0 Å². The van der Waals surface area contributed by atoms with E-state index in [-0.39, 0.29) is 16.7 Å². The third-order valence-electron chi connectivity index (χ3n) is 3.10. The number of cyclic esters (lactones) is 1. The molecule has 0 spiro atoms. The second-order valence-electron chi connectivity index (χ2n) is 4.40. The Labute approximate surface area is 123 Å². The molecule has 0 aliphatic carbocycles. The molecular weight excluding hydrogens is 376 g/mol. The minimum atomic E-state index is -5.86. The Morgan fingerprint density at radius 3 is 2.10 bits per heavy atom. The zero-order valence-electron chi connectivity index (χ0n) is 10.5. The van der Waals surface area contributed by atoms with Crippen LogP contribution in [-0.2, 0) is 14.3 Å². The monoisotopic (exact) mass is 385 g/mol. The molecule has 1 atom stereocenters. The molecule has 0 bridgehead atoms. The molecule has 0 aromatic carbocycles. The van der Waals surface area contributed by atoms with Crippen molar-refractivity contribution >= 4 is 27.7 Å². The zero-order valence-corrected chi connectivity index (χ0v) is 12.1. The number of carbonyl (C=O) groups is 2. The van der Waals surface area contributed by atoms with Gasteiger partial charge < -0.3 is 4.74 Å². The molecule has 1 aliphatic rings. The van der Waals surface area contributed by atoms with Gasteiger partial charge in [0.25, 0.3) is 0 Å². The Morgan fingerprint density at radius 2 is 1.76 bits per heavy atom. The van der Waals surface area contributed by atoms with Gasteiger partial charge in [-0.15, -0.1) is 0 Å². The number of halogens is 7. The number of carbonyl (C=O) groups excluding carboxylic acids is 2. The molecule has 122 valence electrons. The maximum atomic E-state index is 12.9. The first-order chi connectivity index (χ1) is 9.38. The molecule has 1 fully saturated rings. The summed E-state index contributed by atoms with van der Waals surface area (Å²) in [6.07, 6.45) is -12.6. The molecule has 1 aliphatic heterocycles. The number of esters is 1. The Morgan fingerprint density at radius 1 is 1.29 bits per heavy atom. The molecule has 21 heavy (non-hydrogen) atoms. The third-order valence-corrected chi connectivity index (χ3v) is 3.72. The number of hydrogen-bond acceptors (Lipinski definition) is 4. The van der Waals surface area contributed by atoms with Gasteiger partial charge in [-0.3, -0.25) is 9.59 Å². The van der Waals surface area contributed by atoms with E-state index in [1.54, 1.807) is 0 Å². The van der Waals surface area contributed by atoms with E-state index < -0.39 is 42.3 Å². The van der Waals surface area contributed by atoms with Gasteiger partial charge in [0, 0.05) is 6.42 Å². The highest BCUT2D eigenvalue weighted by Crippen LogP contribution is 2.51. The zero-order chi connectivity index (χ0) is 16.6. The van der Waals surface area contributed by atoms with E-state index in [1.165, 1.54) is 0 Å². The fraction of sp³-hybridized carbons (Fsp3) is 0.800. The number of nitrogens with zero attached hydrogens (tertiary/aromatic N) is 1. The summed E-state index contributed by atoms with van der Waals surface area (Å²) in [6, 6.07) is -1.80. The third kappa shape index (κ3) is 3.03. The van der Waals surface area contributed by atoms with Gasteiger partial charge in [0.15, 0.2) is 0 Å². The fourth-order valence-electron chi connectivity index (χ4n) is 2.02. The lowest BCUT2D eigenvalue weighted by Gasteiger charge is -2.37. The van der Waals surface area contributed by atoms with E-state index in [2.05, 4.69) is 20.7 Å². The van der Waals surface area contributed by atoms with Gasteiger partial charge >= 0.3 is 24.0 Å². The smallest absolute Gasteiger partial charge is 0.423 e. The van der Waals surface area contributed by atoms with Gasteiger partial charge in [-0.1, -0.05) is 15.9 Å². The predicted molar refractivity (Wildman–Crippen MR) is 60.5 cm³/mol. The van der Waals surface area contributed by atoms with Crippen LogP contribution in [-0.4, -0.2) is 53.1 Å². The Hall–Kier alpha value is -0.840. The van der Waals surface area contributed by atoms with Crippen molar-refractivity contribution in [2.75, 3.05) is 12.4 Å². The normalized spacial score (nSPS) is 23.2. The predicted octanol–water partition coefficient (Wildman–Crippen LogP) is 2.41. The molecule has 0 N–H and O–H groups in total. The van der Waals surface area contributed by atoms with Crippen molar-refractivity contribution in [1.82, 2.24) is 4.90 Å². The number of Topliss-reactive ketones (excluding diaryl/α,β-unsaturated/α-hetero) is 1. The van der Waals surface area contributed by atoms with Crippen molar-refractivity contribution in [3.05, 3.63) is 0 Å². The molecule has 0 amide bonds. The van der Waals surface area contributed by atoms with E-state index in [0.717, 1.165) is 0 Å². The summed E-state index contributed by atoms with van der Waals surface area (Å²) in [7, 11) is 0.495. The van der Waals surface area contributed by atoms with Crippen LogP contribution in [0.3, 0.4) is 0 Å². The molecule has 1 rings (SSSR count). The van der Waals surface area contributed by atoms with Crippen LogP contribution in [0.25, 0.3) is 0 Å². The first-order valence-corrected chi connectivity index (χ1v) is 6.67. The van der Waals surface area contributed by atoms with Crippen LogP contribution in [0.2, 0.25) is 0 Å². The summed E-state index contributed by atoms with van der Waals surface area (Å²) >= 11 is 2.80. The van der Waals surface area contributed by atoms with Crippen molar-refractivity contribution in [1.29, 1.82) is 0 Å². The maximum absolute atomic E-state index is 12.9. The second kappa shape index (κ2) is 5.75. The summed E-state index contributed by atoms with van der Waals surface area (Å²) in [6.45, 7) is 0. The Bertz CT molecular complexity index is 421. The minimum Gasteiger partial charge on any atom is -0.423 e. The molecule has 1 saturated heterocycles. The van der Waals surface area contributed by atoms with Crippen molar-refractivity contribution in [2.24, 2.45) is 0 Å². The molecule has 4 nitrogen and oxygen atoms in total. The highest BCUT2D eigenvalue weighted by atomic mass is 79.9. The fourth-order valence-corrected chi connectivity index (χ4v) is 2.30. The lowest BCUT2D eigenvalue weighted by atomic mass is 10.1. The summed E-state index contributed by atoms with van der Waals surface area (Å²) in [5, 5.41) is -0.109. The number of ether oxygens (including phenoxy) is 1.